The summed E-state index contributed by atoms with van der Waals surface area (Å²) in [6.45, 7) is 2.84. The Morgan fingerprint density at radius 2 is 1.62 bits per heavy atom. The molecule has 0 saturated carbocycles. The number of nitrogens with one attached hydrogen (secondary N) is 3. The van der Waals surface area contributed by atoms with E-state index in [9.17, 15) is 14.4 Å². The molecule has 0 aliphatic carbocycles. The van der Waals surface area contributed by atoms with Crippen molar-refractivity contribution >= 4 is 57.4 Å². The summed E-state index contributed by atoms with van der Waals surface area (Å²) in [6, 6.07) is 18.9. The Kier molecular flexibility index (Phi) is 8.89. The Balaban J connectivity index is 1.31. The van der Waals surface area contributed by atoms with E-state index in [4.69, 9.17) is 4.74 Å². The fraction of sp³-hybridized carbons (Fsp3) is 0.214. The fourth-order valence-electron chi connectivity index (χ4n) is 3.74. The van der Waals surface area contributed by atoms with Crippen LogP contribution >= 0.6 is 22.6 Å². The number of amides is 3. The maximum Gasteiger partial charge on any atom is 0.276 e. The lowest BCUT2D eigenvalue weighted by atomic mass is 10.1. The molecule has 3 aromatic rings. The molecule has 0 atom stereocenters. The summed E-state index contributed by atoms with van der Waals surface area (Å²) < 4.78 is 6.67. The molecular weight excluding hydrogens is 583 g/mol. The van der Waals surface area contributed by atoms with Gasteiger partial charge in [-0.1, -0.05) is 26.2 Å². The first-order valence-corrected chi connectivity index (χ1v) is 13.2. The third-order valence-corrected chi connectivity index (χ3v) is 6.43. The van der Waals surface area contributed by atoms with Crippen LogP contribution < -0.4 is 20.8 Å². The zero-order valence-corrected chi connectivity index (χ0v) is 22.5. The van der Waals surface area contributed by atoms with E-state index >= 15 is 0 Å². The van der Waals surface area contributed by atoms with E-state index in [2.05, 4.69) is 50.7 Å². The molecule has 37 heavy (non-hydrogen) atoms. The fourth-order valence-corrected chi connectivity index (χ4v) is 4.23. The molecule has 1 aliphatic heterocycles. The van der Waals surface area contributed by atoms with Gasteiger partial charge in [0.1, 0.15) is 5.75 Å². The average molecular weight is 610 g/mol. The molecule has 0 bridgehead atoms. The predicted molar refractivity (Wildman–Crippen MR) is 152 cm³/mol. The molecular formula is C28H27IN4O4. The summed E-state index contributed by atoms with van der Waals surface area (Å²) in [4.78, 5) is 37.4. The Morgan fingerprint density at radius 1 is 0.919 bits per heavy atom. The summed E-state index contributed by atoms with van der Waals surface area (Å²) in [7, 11) is 0. The number of benzene rings is 3. The van der Waals surface area contributed by atoms with Crippen LogP contribution in [0.4, 0.5) is 11.4 Å². The molecule has 0 aromatic heterocycles. The molecule has 1 aliphatic rings. The van der Waals surface area contributed by atoms with Crippen molar-refractivity contribution < 1.29 is 19.1 Å². The molecule has 0 spiro atoms. The molecule has 1 heterocycles. The molecule has 0 radical (unpaired) electrons. The van der Waals surface area contributed by atoms with Crippen molar-refractivity contribution in [3.05, 3.63) is 87.0 Å². The lowest BCUT2D eigenvalue weighted by molar-refractivity contribution is -0.110. The van der Waals surface area contributed by atoms with Crippen LogP contribution in [0.25, 0.3) is 0 Å². The predicted octanol–water partition coefficient (Wildman–Crippen LogP) is 5.59. The quantitative estimate of drug-likeness (QED) is 0.158. The van der Waals surface area contributed by atoms with E-state index in [-0.39, 0.29) is 17.5 Å². The van der Waals surface area contributed by atoms with Crippen LogP contribution in [0.3, 0.4) is 0 Å². The summed E-state index contributed by atoms with van der Waals surface area (Å²) in [5.41, 5.74) is 5.26. The third kappa shape index (κ3) is 6.94. The van der Waals surface area contributed by atoms with E-state index in [1.807, 2.05) is 12.1 Å². The van der Waals surface area contributed by atoms with Crippen molar-refractivity contribution in [2.24, 2.45) is 5.10 Å². The lowest BCUT2D eigenvalue weighted by Crippen LogP contribution is -2.23. The van der Waals surface area contributed by atoms with E-state index in [0.29, 0.717) is 34.7 Å². The number of hydrazone groups is 1. The Morgan fingerprint density at radius 3 is 2.35 bits per heavy atom. The highest BCUT2D eigenvalue weighted by Gasteiger charge is 2.26. The van der Waals surface area contributed by atoms with E-state index in [1.165, 1.54) is 12.8 Å². The van der Waals surface area contributed by atoms with E-state index in [0.717, 1.165) is 22.2 Å². The van der Waals surface area contributed by atoms with Gasteiger partial charge < -0.3 is 15.4 Å². The number of hydrogen-bond donors (Lipinski definition) is 3. The standard InChI is InChI=1S/C28H27IN4O4/c1-2-3-4-5-16-37-22-13-8-18(9-14-22)26(34)30-21-11-6-19(7-12-21)27(35)33-32-25-23-17-20(29)10-15-24(23)31-28(25)36/h6-15,17H,2-5,16H2,1H3,(H,30,34)(H,33,35)(H,31,32,36). The highest BCUT2D eigenvalue weighted by atomic mass is 127. The van der Waals surface area contributed by atoms with Gasteiger partial charge in [-0.25, -0.2) is 5.43 Å². The normalized spacial score (nSPS) is 13.1. The summed E-state index contributed by atoms with van der Waals surface area (Å²) in [6.07, 6.45) is 4.55. The maximum atomic E-state index is 12.6. The van der Waals surface area contributed by atoms with Crippen LogP contribution in [0, 0.1) is 3.57 Å². The molecule has 3 amide bonds. The van der Waals surface area contributed by atoms with Crippen molar-refractivity contribution in [3.63, 3.8) is 0 Å². The number of unbranched alkanes of at least 4 members (excludes halogenated alkanes) is 3. The van der Waals surface area contributed by atoms with Gasteiger partial charge in [-0.05, 0) is 95.7 Å². The van der Waals surface area contributed by atoms with Crippen LogP contribution in [0.2, 0.25) is 0 Å². The molecule has 9 heteroatoms. The van der Waals surface area contributed by atoms with Gasteiger partial charge in [-0.3, -0.25) is 14.4 Å². The lowest BCUT2D eigenvalue weighted by Gasteiger charge is -2.08. The highest BCUT2D eigenvalue weighted by molar-refractivity contribution is 14.1. The second-order valence-corrected chi connectivity index (χ2v) is 9.76. The van der Waals surface area contributed by atoms with Crippen LogP contribution in [-0.4, -0.2) is 30.0 Å². The molecule has 4 rings (SSSR count). The topological polar surface area (TPSA) is 109 Å². The molecule has 0 fully saturated rings. The van der Waals surface area contributed by atoms with Gasteiger partial charge in [0.05, 0.1) is 12.3 Å². The average Bonchev–Trinajstić information content (AvgIpc) is 3.21. The van der Waals surface area contributed by atoms with Crippen molar-refractivity contribution in [3.8, 4) is 5.75 Å². The molecule has 3 N–H and O–H groups in total. The summed E-state index contributed by atoms with van der Waals surface area (Å²) >= 11 is 2.15. The number of carbonyl (C=O) groups excluding carboxylic acids is 3. The molecule has 0 unspecified atom stereocenters. The molecule has 8 nitrogen and oxygen atoms in total. The monoisotopic (exact) mass is 610 g/mol. The van der Waals surface area contributed by atoms with Crippen LogP contribution in [-0.2, 0) is 4.79 Å². The van der Waals surface area contributed by atoms with Gasteiger partial charge in [0.15, 0.2) is 5.71 Å². The van der Waals surface area contributed by atoms with Crippen molar-refractivity contribution in [1.82, 2.24) is 5.43 Å². The number of halogens is 1. The largest absolute Gasteiger partial charge is 0.494 e. The summed E-state index contributed by atoms with van der Waals surface area (Å²) in [5, 5.41) is 9.57. The SMILES string of the molecule is CCCCCCOc1ccc(C(=O)Nc2ccc(C(=O)N/N=C3\C(=O)Nc4ccc(I)cc43)cc2)cc1. The number of carbonyl (C=O) groups is 3. The Hall–Kier alpha value is -3.73. The van der Waals surface area contributed by atoms with E-state index in [1.54, 1.807) is 54.6 Å². The Labute approximate surface area is 229 Å². The van der Waals surface area contributed by atoms with Crippen LogP contribution in [0.5, 0.6) is 5.75 Å². The van der Waals surface area contributed by atoms with E-state index < -0.39 is 5.91 Å². The first-order valence-electron chi connectivity index (χ1n) is 12.1. The van der Waals surface area contributed by atoms with Gasteiger partial charge in [0.25, 0.3) is 17.7 Å². The minimum Gasteiger partial charge on any atom is -0.494 e. The third-order valence-electron chi connectivity index (χ3n) is 5.76. The molecule has 3 aromatic carbocycles. The zero-order chi connectivity index (χ0) is 26.2. The Bertz CT molecular complexity index is 1320. The second kappa shape index (κ2) is 12.5. The van der Waals surface area contributed by atoms with Gasteiger partial charge in [-0.2, -0.15) is 5.10 Å². The minimum atomic E-state index is -0.470. The highest BCUT2D eigenvalue weighted by Crippen LogP contribution is 2.25. The van der Waals surface area contributed by atoms with Crippen molar-refractivity contribution in [2.75, 3.05) is 17.2 Å². The number of rotatable bonds is 10. The van der Waals surface area contributed by atoms with Crippen molar-refractivity contribution in [2.45, 2.75) is 32.6 Å². The van der Waals surface area contributed by atoms with Gasteiger partial charge in [0, 0.05) is 25.9 Å². The first-order chi connectivity index (χ1) is 17.9. The second-order valence-electron chi connectivity index (χ2n) is 8.51. The first kappa shape index (κ1) is 26.3. The minimum absolute atomic E-state index is 0.152. The number of ether oxygens (including phenoxy) is 1. The molecule has 190 valence electrons. The van der Waals surface area contributed by atoms with Gasteiger partial charge in [-0.15, -0.1) is 0 Å². The van der Waals surface area contributed by atoms with Gasteiger partial charge in [0.2, 0.25) is 0 Å². The number of nitrogens with zero attached hydrogens (tertiary/aromatic N) is 1. The molecule has 0 saturated heterocycles. The number of anilines is 2. The zero-order valence-electron chi connectivity index (χ0n) is 20.3. The number of fused-ring (bicyclic) bond motifs is 1. The van der Waals surface area contributed by atoms with Crippen LogP contribution in [0.1, 0.15) is 58.9 Å². The maximum absolute atomic E-state index is 12.6. The van der Waals surface area contributed by atoms with Crippen molar-refractivity contribution in [1.29, 1.82) is 0 Å². The van der Waals surface area contributed by atoms with Gasteiger partial charge >= 0.3 is 0 Å². The smallest absolute Gasteiger partial charge is 0.276 e. The summed E-state index contributed by atoms with van der Waals surface area (Å²) in [5.74, 6) is -0.372. The van der Waals surface area contributed by atoms with Crippen LogP contribution in [0.15, 0.2) is 71.8 Å². The number of hydrogen-bond acceptors (Lipinski definition) is 5.